The third kappa shape index (κ3) is 5.54. The van der Waals surface area contributed by atoms with Crippen molar-refractivity contribution >= 4 is 27.5 Å². The zero-order chi connectivity index (χ0) is 15.5. The van der Waals surface area contributed by atoms with Crippen molar-refractivity contribution in [2.75, 3.05) is 5.32 Å². The maximum atomic E-state index is 13.6. The number of amides is 1. The number of carbonyl (C=O) groups is 1. The molecule has 0 bridgehead atoms. The molecular formula is C14H19BrF2N2O. The minimum atomic E-state index is -0.698. The van der Waals surface area contributed by atoms with E-state index in [4.69, 9.17) is 5.73 Å². The lowest BCUT2D eigenvalue weighted by molar-refractivity contribution is -0.116. The number of nitrogens with one attached hydrogen (secondary N) is 1. The largest absolute Gasteiger partial charge is 0.327 e. The van der Waals surface area contributed by atoms with Crippen LogP contribution in [-0.4, -0.2) is 11.9 Å². The van der Waals surface area contributed by atoms with Crippen LogP contribution < -0.4 is 11.1 Å². The van der Waals surface area contributed by atoms with Crippen LogP contribution in [0.1, 0.15) is 33.6 Å². The zero-order valence-corrected chi connectivity index (χ0v) is 13.4. The van der Waals surface area contributed by atoms with Crippen LogP contribution in [0.2, 0.25) is 0 Å². The van der Waals surface area contributed by atoms with E-state index in [2.05, 4.69) is 21.2 Å². The first-order chi connectivity index (χ1) is 9.08. The molecule has 0 saturated heterocycles. The predicted octanol–water partition coefficient (Wildman–Crippen LogP) is 3.82. The second-order valence-corrected chi connectivity index (χ2v) is 6.88. The molecule has 0 aliphatic heterocycles. The number of hydrogen-bond acceptors (Lipinski definition) is 2. The van der Waals surface area contributed by atoms with Gasteiger partial charge in [0.25, 0.3) is 0 Å². The van der Waals surface area contributed by atoms with Gasteiger partial charge in [0, 0.05) is 18.5 Å². The molecule has 1 aromatic carbocycles. The van der Waals surface area contributed by atoms with Crippen molar-refractivity contribution in [3.8, 4) is 0 Å². The Balaban J connectivity index is 2.65. The molecule has 1 atom stereocenters. The summed E-state index contributed by atoms with van der Waals surface area (Å²) in [6.07, 6.45) is 0.728. The second-order valence-electron chi connectivity index (χ2n) is 6.02. The molecule has 6 heteroatoms. The first-order valence-electron chi connectivity index (χ1n) is 6.28. The van der Waals surface area contributed by atoms with Crippen molar-refractivity contribution in [2.45, 2.75) is 39.7 Å². The number of nitrogens with two attached hydrogens (primary N) is 1. The number of anilines is 1. The SMILES string of the molecule is CC(C)(C)CC(N)CC(=O)Nc1cc(F)c(Br)cc1F. The highest BCUT2D eigenvalue weighted by molar-refractivity contribution is 9.10. The average Bonchev–Trinajstić information content (AvgIpc) is 2.22. The Hall–Kier alpha value is -1.01. The zero-order valence-electron chi connectivity index (χ0n) is 11.8. The molecule has 0 saturated carbocycles. The monoisotopic (exact) mass is 348 g/mol. The number of hydrogen-bond donors (Lipinski definition) is 2. The van der Waals surface area contributed by atoms with Crippen LogP contribution in [0.4, 0.5) is 14.5 Å². The minimum Gasteiger partial charge on any atom is -0.327 e. The molecule has 1 rings (SSSR count). The fourth-order valence-corrected chi connectivity index (χ4v) is 2.23. The van der Waals surface area contributed by atoms with Crippen LogP contribution in [0.15, 0.2) is 16.6 Å². The number of rotatable bonds is 4. The Morgan fingerprint density at radius 3 is 2.50 bits per heavy atom. The summed E-state index contributed by atoms with van der Waals surface area (Å²) in [5.41, 5.74) is 5.70. The molecule has 3 nitrogen and oxygen atoms in total. The third-order valence-electron chi connectivity index (χ3n) is 2.61. The quantitative estimate of drug-likeness (QED) is 0.812. The van der Waals surface area contributed by atoms with Crippen LogP contribution in [0.5, 0.6) is 0 Å². The van der Waals surface area contributed by atoms with E-state index in [0.717, 1.165) is 12.1 Å². The number of carbonyl (C=O) groups excluding carboxylic acids is 1. The predicted molar refractivity (Wildman–Crippen MR) is 79.4 cm³/mol. The molecule has 3 N–H and O–H groups in total. The number of benzene rings is 1. The van der Waals surface area contributed by atoms with E-state index in [0.29, 0.717) is 6.42 Å². The molecule has 20 heavy (non-hydrogen) atoms. The van der Waals surface area contributed by atoms with Crippen LogP contribution in [-0.2, 0) is 4.79 Å². The molecule has 0 heterocycles. The van der Waals surface area contributed by atoms with Crippen molar-refractivity contribution in [1.29, 1.82) is 0 Å². The van der Waals surface area contributed by atoms with Gasteiger partial charge in [0.2, 0.25) is 5.91 Å². The first kappa shape index (κ1) is 17.0. The standard InChI is InChI=1S/C14H19BrF2N2O/c1-14(2,3)7-8(18)4-13(20)19-12-6-10(16)9(15)5-11(12)17/h5-6,8H,4,7,18H2,1-3H3,(H,19,20). The lowest BCUT2D eigenvalue weighted by Gasteiger charge is -2.22. The topological polar surface area (TPSA) is 55.1 Å². The lowest BCUT2D eigenvalue weighted by Crippen LogP contribution is -2.31. The van der Waals surface area contributed by atoms with Crippen LogP contribution in [0, 0.1) is 17.0 Å². The van der Waals surface area contributed by atoms with Gasteiger partial charge in [0.05, 0.1) is 10.2 Å². The van der Waals surface area contributed by atoms with E-state index in [1.165, 1.54) is 0 Å². The van der Waals surface area contributed by atoms with Gasteiger partial charge in [0.1, 0.15) is 11.6 Å². The van der Waals surface area contributed by atoms with Crippen LogP contribution >= 0.6 is 15.9 Å². The van der Waals surface area contributed by atoms with E-state index in [1.54, 1.807) is 0 Å². The Bertz CT molecular complexity index is 501. The molecule has 0 radical (unpaired) electrons. The molecule has 0 aliphatic carbocycles. The number of halogens is 3. The van der Waals surface area contributed by atoms with Crippen LogP contribution in [0.3, 0.4) is 0 Å². The van der Waals surface area contributed by atoms with Gasteiger partial charge < -0.3 is 11.1 Å². The second kappa shape index (κ2) is 6.63. The summed E-state index contributed by atoms with van der Waals surface area (Å²) in [5, 5.41) is 2.34. The molecule has 1 aromatic rings. The third-order valence-corrected chi connectivity index (χ3v) is 3.21. The Labute approximate surface area is 126 Å². The smallest absolute Gasteiger partial charge is 0.226 e. The molecule has 0 aliphatic rings. The highest BCUT2D eigenvalue weighted by Gasteiger charge is 2.19. The molecule has 1 unspecified atom stereocenters. The van der Waals surface area contributed by atoms with Crippen molar-refractivity contribution in [3.63, 3.8) is 0 Å². The van der Waals surface area contributed by atoms with Gasteiger partial charge in [-0.15, -0.1) is 0 Å². The normalized spacial score (nSPS) is 13.2. The van der Waals surface area contributed by atoms with Gasteiger partial charge in [-0.3, -0.25) is 4.79 Å². The molecular weight excluding hydrogens is 330 g/mol. The first-order valence-corrected chi connectivity index (χ1v) is 7.08. The summed E-state index contributed by atoms with van der Waals surface area (Å²) >= 11 is 2.87. The molecule has 0 aromatic heterocycles. The summed E-state index contributed by atoms with van der Waals surface area (Å²) in [7, 11) is 0. The highest BCUT2D eigenvalue weighted by Crippen LogP contribution is 2.24. The van der Waals surface area contributed by atoms with Gasteiger partial charge in [0.15, 0.2) is 0 Å². The van der Waals surface area contributed by atoms with Crippen LogP contribution in [0.25, 0.3) is 0 Å². The Morgan fingerprint density at radius 1 is 1.35 bits per heavy atom. The molecule has 1 amide bonds. The minimum absolute atomic E-state index is 0.00860. The summed E-state index contributed by atoms with van der Waals surface area (Å²) < 4.78 is 26.9. The van der Waals surface area contributed by atoms with E-state index in [1.807, 2.05) is 20.8 Å². The summed E-state index contributed by atoms with van der Waals surface area (Å²) in [6, 6.07) is 1.59. The van der Waals surface area contributed by atoms with Crippen molar-refractivity contribution < 1.29 is 13.6 Å². The van der Waals surface area contributed by atoms with Crippen molar-refractivity contribution in [1.82, 2.24) is 0 Å². The van der Waals surface area contributed by atoms with Gasteiger partial charge in [-0.2, -0.15) is 0 Å². The Kier molecular flexibility index (Phi) is 5.65. The maximum absolute atomic E-state index is 13.6. The molecule has 0 fully saturated rings. The summed E-state index contributed by atoms with van der Waals surface area (Å²) in [4.78, 5) is 11.8. The highest BCUT2D eigenvalue weighted by atomic mass is 79.9. The van der Waals surface area contributed by atoms with E-state index in [9.17, 15) is 13.6 Å². The van der Waals surface area contributed by atoms with Crippen molar-refractivity contribution in [3.05, 3.63) is 28.2 Å². The molecule has 0 spiro atoms. The lowest BCUT2D eigenvalue weighted by atomic mass is 9.87. The Morgan fingerprint density at radius 2 is 1.95 bits per heavy atom. The maximum Gasteiger partial charge on any atom is 0.226 e. The van der Waals surface area contributed by atoms with Gasteiger partial charge in [-0.05, 0) is 33.8 Å². The van der Waals surface area contributed by atoms with E-state index in [-0.39, 0.29) is 28.0 Å². The summed E-state index contributed by atoms with van der Waals surface area (Å²) in [5.74, 6) is -1.76. The fraction of sp³-hybridized carbons (Fsp3) is 0.500. The van der Waals surface area contributed by atoms with Gasteiger partial charge in [-0.1, -0.05) is 20.8 Å². The van der Waals surface area contributed by atoms with E-state index < -0.39 is 17.5 Å². The van der Waals surface area contributed by atoms with Gasteiger partial charge >= 0.3 is 0 Å². The summed E-state index contributed by atoms with van der Waals surface area (Å²) in [6.45, 7) is 6.07. The van der Waals surface area contributed by atoms with Crippen molar-refractivity contribution in [2.24, 2.45) is 11.1 Å². The van der Waals surface area contributed by atoms with Gasteiger partial charge in [-0.25, -0.2) is 8.78 Å². The average molecular weight is 349 g/mol. The van der Waals surface area contributed by atoms with E-state index >= 15 is 0 Å². The fourth-order valence-electron chi connectivity index (χ4n) is 1.92. The molecule has 112 valence electrons.